The van der Waals surface area contributed by atoms with Crippen LogP contribution >= 0.6 is 11.6 Å². The minimum atomic E-state index is -4.14. The number of hydrogen-bond donors (Lipinski definition) is 0. The number of aromatic nitrogens is 4. The first kappa shape index (κ1) is 25.3. The maximum atomic E-state index is 14.7. The zero-order valence-corrected chi connectivity index (χ0v) is 21.1. The summed E-state index contributed by atoms with van der Waals surface area (Å²) >= 11 is 5.78. The predicted molar refractivity (Wildman–Crippen MR) is 129 cm³/mol. The van der Waals surface area contributed by atoms with Crippen LogP contribution in [0, 0.1) is 13.8 Å². The van der Waals surface area contributed by atoms with E-state index in [0.29, 0.717) is 17.9 Å². The lowest BCUT2D eigenvalue weighted by molar-refractivity contribution is -0.122. The molecule has 3 aromatic rings. The third kappa shape index (κ3) is 5.24. The molecule has 35 heavy (non-hydrogen) atoms. The zero-order valence-electron chi connectivity index (χ0n) is 19.5. The molecular formula is C24H25ClFN5O3S. The van der Waals surface area contributed by atoms with Crippen molar-refractivity contribution in [2.24, 2.45) is 0 Å². The van der Waals surface area contributed by atoms with Gasteiger partial charge in [0.1, 0.15) is 22.0 Å². The summed E-state index contributed by atoms with van der Waals surface area (Å²) in [5, 5.41) is 0.138. The van der Waals surface area contributed by atoms with Crippen molar-refractivity contribution in [2.75, 3.05) is 0 Å². The second kappa shape index (κ2) is 10.0. The molecule has 0 spiro atoms. The number of rotatable bonds is 7. The lowest BCUT2D eigenvalue weighted by Gasteiger charge is -2.26. The summed E-state index contributed by atoms with van der Waals surface area (Å²) in [7, 11) is -4.14. The summed E-state index contributed by atoms with van der Waals surface area (Å²) in [6.07, 6.45) is 5.00. The number of halogens is 2. The van der Waals surface area contributed by atoms with Gasteiger partial charge in [-0.05, 0) is 56.5 Å². The highest BCUT2D eigenvalue weighted by molar-refractivity contribution is 7.89. The SMILES string of the molecule is Cc1ncc(-c2cc(CCC(=O)[C@@H]3C[C@@H](F)[C@H](C)N3S(=O)(=O)c3ccc(Cl)nc3)c(C)cn2)cn1. The van der Waals surface area contributed by atoms with Gasteiger partial charge >= 0.3 is 0 Å². The first-order valence-corrected chi connectivity index (χ1v) is 13.0. The van der Waals surface area contributed by atoms with E-state index in [0.717, 1.165) is 27.2 Å². The number of sulfonamides is 1. The van der Waals surface area contributed by atoms with Crippen LogP contribution in [0.15, 0.2) is 47.9 Å². The largest absolute Gasteiger partial charge is 0.298 e. The monoisotopic (exact) mass is 517 g/mol. The fraction of sp³-hybridized carbons (Fsp3) is 0.375. The Morgan fingerprint density at radius 2 is 1.83 bits per heavy atom. The van der Waals surface area contributed by atoms with Crippen LogP contribution in [0.1, 0.15) is 36.7 Å². The summed E-state index contributed by atoms with van der Waals surface area (Å²) in [5.41, 5.74) is 3.22. The molecule has 0 unspecified atom stereocenters. The first-order valence-electron chi connectivity index (χ1n) is 11.1. The van der Waals surface area contributed by atoms with E-state index in [9.17, 15) is 17.6 Å². The fourth-order valence-electron chi connectivity index (χ4n) is 4.20. The van der Waals surface area contributed by atoms with Crippen molar-refractivity contribution in [3.8, 4) is 11.3 Å². The smallest absolute Gasteiger partial charge is 0.245 e. The molecule has 3 aromatic heterocycles. The molecule has 1 aliphatic heterocycles. The maximum absolute atomic E-state index is 14.7. The Morgan fingerprint density at radius 3 is 2.49 bits per heavy atom. The van der Waals surface area contributed by atoms with Gasteiger partial charge in [-0.2, -0.15) is 4.31 Å². The van der Waals surface area contributed by atoms with Gasteiger partial charge in [0.05, 0.1) is 17.8 Å². The molecular weight excluding hydrogens is 493 g/mol. The van der Waals surface area contributed by atoms with Gasteiger partial charge in [-0.3, -0.25) is 9.78 Å². The highest BCUT2D eigenvalue weighted by atomic mass is 35.5. The number of ketones is 1. The highest BCUT2D eigenvalue weighted by Gasteiger charge is 2.48. The molecule has 8 nitrogen and oxygen atoms in total. The van der Waals surface area contributed by atoms with E-state index in [4.69, 9.17) is 11.6 Å². The molecule has 1 fully saturated rings. The van der Waals surface area contributed by atoms with Gasteiger partial charge in [0, 0.05) is 43.2 Å². The molecule has 0 N–H and O–H groups in total. The topological polar surface area (TPSA) is 106 Å². The molecule has 0 bridgehead atoms. The van der Waals surface area contributed by atoms with Gasteiger partial charge in [-0.25, -0.2) is 27.8 Å². The summed E-state index contributed by atoms with van der Waals surface area (Å²) < 4.78 is 42.2. The van der Waals surface area contributed by atoms with E-state index in [1.807, 2.05) is 13.0 Å². The predicted octanol–water partition coefficient (Wildman–Crippen LogP) is 3.90. The molecule has 0 amide bonds. The average Bonchev–Trinajstić information content (AvgIpc) is 3.14. The second-order valence-electron chi connectivity index (χ2n) is 8.64. The molecule has 4 rings (SSSR count). The van der Waals surface area contributed by atoms with Crippen molar-refractivity contribution in [1.82, 2.24) is 24.2 Å². The number of hydrogen-bond acceptors (Lipinski definition) is 7. The second-order valence-corrected chi connectivity index (χ2v) is 10.9. The standard InChI is InChI=1S/C24H25ClFN5O3S/c1-14-10-29-21(18-11-27-16(3)28-12-18)8-17(14)4-6-23(32)22-9-20(26)15(2)31(22)35(33,34)19-5-7-24(25)30-13-19/h5,7-8,10-13,15,20,22H,4,6,9H2,1-3H3/t15-,20+,22-/m0/s1. The van der Waals surface area contributed by atoms with Crippen molar-refractivity contribution < 1.29 is 17.6 Å². The van der Waals surface area contributed by atoms with E-state index in [1.54, 1.807) is 25.5 Å². The van der Waals surface area contributed by atoms with Crippen molar-refractivity contribution in [2.45, 2.75) is 63.2 Å². The van der Waals surface area contributed by atoms with Gasteiger partial charge in [0.2, 0.25) is 10.0 Å². The van der Waals surface area contributed by atoms with Crippen LogP contribution in [0.25, 0.3) is 11.3 Å². The number of Topliss-reactive ketones (excluding diaryl/α,β-unsaturated/α-hetero) is 1. The van der Waals surface area contributed by atoms with Crippen molar-refractivity contribution in [3.05, 3.63) is 65.1 Å². The molecule has 11 heteroatoms. The molecule has 0 aromatic carbocycles. The third-order valence-electron chi connectivity index (χ3n) is 6.26. The van der Waals surface area contributed by atoms with E-state index in [-0.39, 0.29) is 28.7 Å². The summed E-state index contributed by atoms with van der Waals surface area (Å²) in [4.78, 5) is 29.7. The minimum Gasteiger partial charge on any atom is -0.298 e. The van der Waals surface area contributed by atoms with Crippen LogP contribution in [0.3, 0.4) is 0 Å². The van der Waals surface area contributed by atoms with Gasteiger partial charge in [-0.15, -0.1) is 0 Å². The van der Waals surface area contributed by atoms with Crippen LogP contribution in [-0.4, -0.2) is 56.7 Å². The zero-order chi connectivity index (χ0) is 25.3. The Kier molecular flexibility index (Phi) is 7.25. The fourth-order valence-corrected chi connectivity index (χ4v) is 6.09. The van der Waals surface area contributed by atoms with Crippen molar-refractivity contribution in [3.63, 3.8) is 0 Å². The lowest BCUT2D eigenvalue weighted by atomic mass is 9.99. The summed E-state index contributed by atoms with van der Waals surface area (Å²) in [6.45, 7) is 5.16. The van der Waals surface area contributed by atoms with Crippen molar-refractivity contribution in [1.29, 1.82) is 0 Å². The summed E-state index contributed by atoms with van der Waals surface area (Å²) in [6, 6.07) is 2.47. The third-order valence-corrected chi connectivity index (χ3v) is 8.46. The molecule has 4 heterocycles. The number of carbonyl (C=O) groups excluding carboxylic acids is 1. The Morgan fingerprint density at radius 1 is 1.11 bits per heavy atom. The molecule has 0 saturated carbocycles. The average molecular weight is 518 g/mol. The molecule has 3 atom stereocenters. The van der Waals surface area contributed by atoms with Crippen LogP contribution in [-0.2, 0) is 21.2 Å². The Bertz CT molecular complexity index is 1340. The van der Waals surface area contributed by atoms with Gasteiger partial charge in [0.25, 0.3) is 0 Å². The van der Waals surface area contributed by atoms with Gasteiger partial charge < -0.3 is 0 Å². The number of alkyl halides is 1. The molecule has 184 valence electrons. The quantitative estimate of drug-likeness (QED) is 0.437. The van der Waals surface area contributed by atoms with Crippen LogP contribution in [0.5, 0.6) is 0 Å². The van der Waals surface area contributed by atoms with E-state index in [2.05, 4.69) is 19.9 Å². The van der Waals surface area contributed by atoms with Crippen LogP contribution in [0.4, 0.5) is 4.39 Å². The number of aryl methyl sites for hydroxylation is 3. The van der Waals surface area contributed by atoms with Gasteiger partial charge in [-0.1, -0.05) is 11.6 Å². The van der Waals surface area contributed by atoms with Crippen molar-refractivity contribution >= 4 is 27.4 Å². The lowest BCUT2D eigenvalue weighted by Crippen LogP contribution is -2.44. The van der Waals surface area contributed by atoms with E-state index in [1.165, 1.54) is 19.1 Å². The first-order chi connectivity index (χ1) is 16.6. The molecule has 1 saturated heterocycles. The Labute approximate surface area is 208 Å². The van der Waals surface area contributed by atoms with Crippen LogP contribution < -0.4 is 0 Å². The number of nitrogens with zero attached hydrogens (tertiary/aromatic N) is 5. The minimum absolute atomic E-state index is 0.0592. The Balaban J connectivity index is 1.54. The highest BCUT2D eigenvalue weighted by Crippen LogP contribution is 2.34. The number of carbonyl (C=O) groups is 1. The van der Waals surface area contributed by atoms with E-state index >= 15 is 0 Å². The molecule has 0 radical (unpaired) electrons. The van der Waals surface area contributed by atoms with E-state index < -0.39 is 28.3 Å². The van der Waals surface area contributed by atoms with Gasteiger partial charge in [0.15, 0.2) is 5.78 Å². The Hall–Kier alpha value is -2.82. The number of pyridine rings is 2. The molecule has 0 aliphatic carbocycles. The summed E-state index contributed by atoms with van der Waals surface area (Å²) in [5.74, 6) is 0.316. The maximum Gasteiger partial charge on any atom is 0.245 e. The van der Waals surface area contributed by atoms with Crippen LogP contribution in [0.2, 0.25) is 5.15 Å². The normalized spacial score (nSPS) is 20.8. The molecule has 1 aliphatic rings.